The van der Waals surface area contributed by atoms with Crippen LogP contribution in [0, 0.1) is 11.6 Å². The maximum atomic E-state index is 15.4. The number of carbonyl (C=O) groups is 1. The number of benzene rings is 2. The third kappa shape index (κ3) is 3.46. The van der Waals surface area contributed by atoms with Crippen LogP contribution in [0.5, 0.6) is 5.75 Å². The van der Waals surface area contributed by atoms with Gasteiger partial charge in [-0.3, -0.25) is 4.79 Å². The summed E-state index contributed by atoms with van der Waals surface area (Å²) in [4.78, 5) is 24.8. The van der Waals surface area contributed by atoms with E-state index in [4.69, 9.17) is 10.5 Å². The maximum absolute atomic E-state index is 15.4. The van der Waals surface area contributed by atoms with E-state index in [2.05, 4.69) is 5.32 Å². The first-order valence-electron chi connectivity index (χ1n) is 11.4. The number of anilines is 2. The number of fused-ring (bicyclic) bond motifs is 1. The van der Waals surface area contributed by atoms with Crippen LogP contribution < -0.4 is 21.2 Å². The molecule has 0 saturated heterocycles. The molecule has 1 fully saturated rings. The fraction of sp³-hybridized carbons (Fsp3) is 0.360. The highest BCUT2D eigenvalue weighted by Crippen LogP contribution is 2.48. The zero-order valence-electron chi connectivity index (χ0n) is 18.5. The molecule has 3 aromatic rings. The highest BCUT2D eigenvalue weighted by molar-refractivity contribution is 6.03. The van der Waals surface area contributed by atoms with Gasteiger partial charge in [0.15, 0.2) is 11.6 Å². The van der Waals surface area contributed by atoms with Crippen molar-refractivity contribution in [3.63, 3.8) is 0 Å². The summed E-state index contributed by atoms with van der Waals surface area (Å²) in [6, 6.07) is 6.20. The van der Waals surface area contributed by atoms with Crippen molar-refractivity contribution < 1.29 is 23.4 Å². The van der Waals surface area contributed by atoms with Gasteiger partial charge >= 0.3 is 5.97 Å². The minimum atomic E-state index is -1.38. The molecule has 0 unspecified atom stereocenters. The molecule has 178 valence electrons. The first kappa shape index (κ1) is 22.2. The summed E-state index contributed by atoms with van der Waals surface area (Å²) in [5.41, 5.74) is 5.31. The van der Waals surface area contributed by atoms with Crippen molar-refractivity contribution in [1.29, 1.82) is 0 Å². The number of nitrogens with one attached hydrogen (secondary N) is 1. The van der Waals surface area contributed by atoms with Crippen molar-refractivity contribution in [2.45, 2.75) is 44.1 Å². The van der Waals surface area contributed by atoms with E-state index in [-0.39, 0.29) is 34.9 Å². The average Bonchev–Trinajstić information content (AvgIpc) is 3.28. The van der Waals surface area contributed by atoms with Gasteiger partial charge in [-0.05, 0) is 43.4 Å². The Bertz CT molecular complexity index is 1350. The van der Waals surface area contributed by atoms with Crippen molar-refractivity contribution in [2.75, 3.05) is 24.2 Å². The van der Waals surface area contributed by atoms with Gasteiger partial charge in [0.25, 0.3) is 0 Å². The quantitative estimate of drug-likeness (QED) is 0.368. The molecule has 1 saturated carbocycles. The topological polar surface area (TPSA) is 107 Å². The molecule has 34 heavy (non-hydrogen) atoms. The Kier molecular flexibility index (Phi) is 5.42. The predicted molar refractivity (Wildman–Crippen MR) is 125 cm³/mol. The zero-order chi connectivity index (χ0) is 24.0. The number of pyridine rings is 1. The van der Waals surface area contributed by atoms with Crippen LogP contribution in [0.1, 0.15) is 48.0 Å². The number of hydrogen-bond donors (Lipinski definition) is 3. The number of carboxylic acids is 1. The lowest BCUT2D eigenvalue weighted by molar-refractivity contribution is 0.0692. The summed E-state index contributed by atoms with van der Waals surface area (Å²) in [5.74, 6) is -2.34. The Morgan fingerprint density at radius 1 is 1.21 bits per heavy atom. The van der Waals surface area contributed by atoms with E-state index < -0.39 is 28.3 Å². The van der Waals surface area contributed by atoms with Crippen LogP contribution in [0.3, 0.4) is 0 Å². The van der Waals surface area contributed by atoms with Gasteiger partial charge in [-0.1, -0.05) is 25.0 Å². The van der Waals surface area contributed by atoms with Gasteiger partial charge in [0, 0.05) is 12.7 Å². The van der Waals surface area contributed by atoms with Crippen molar-refractivity contribution in [2.24, 2.45) is 0 Å². The summed E-state index contributed by atoms with van der Waals surface area (Å²) in [6.07, 6.45) is 6.07. The largest absolute Gasteiger partial charge is 0.487 e. The molecule has 1 aliphatic carbocycles. The molecule has 5 rings (SSSR count). The van der Waals surface area contributed by atoms with E-state index in [1.807, 2.05) is 0 Å². The Balaban J connectivity index is 1.57. The summed E-state index contributed by atoms with van der Waals surface area (Å²) in [6.45, 7) is 0.642. The van der Waals surface area contributed by atoms with E-state index in [1.165, 1.54) is 18.3 Å². The summed E-state index contributed by atoms with van der Waals surface area (Å²) in [7, 11) is 0. The third-order valence-electron chi connectivity index (χ3n) is 6.99. The van der Waals surface area contributed by atoms with Gasteiger partial charge in [0.2, 0.25) is 5.43 Å². The van der Waals surface area contributed by atoms with Gasteiger partial charge in [0.05, 0.1) is 22.1 Å². The molecular weight excluding hydrogens is 444 g/mol. The van der Waals surface area contributed by atoms with Crippen LogP contribution in [-0.2, 0) is 12.0 Å². The second-order valence-electron chi connectivity index (χ2n) is 9.08. The van der Waals surface area contributed by atoms with E-state index in [0.717, 1.165) is 31.2 Å². The lowest BCUT2D eigenvalue weighted by Gasteiger charge is -2.39. The van der Waals surface area contributed by atoms with Gasteiger partial charge in [0.1, 0.15) is 23.7 Å². The Morgan fingerprint density at radius 2 is 1.91 bits per heavy atom. The van der Waals surface area contributed by atoms with Crippen LogP contribution in [0.2, 0.25) is 0 Å². The van der Waals surface area contributed by atoms with Crippen molar-refractivity contribution >= 4 is 28.2 Å². The van der Waals surface area contributed by atoms with Crippen LogP contribution in [0.4, 0.5) is 20.2 Å². The number of ether oxygens (including phenoxy) is 1. The monoisotopic (exact) mass is 469 g/mol. The van der Waals surface area contributed by atoms with Crippen molar-refractivity contribution in [1.82, 2.24) is 4.57 Å². The first-order chi connectivity index (χ1) is 16.3. The third-order valence-corrected chi connectivity index (χ3v) is 6.99. The van der Waals surface area contributed by atoms with Gasteiger partial charge in [-0.25, -0.2) is 13.6 Å². The lowest BCUT2D eigenvalue weighted by Crippen LogP contribution is -2.42. The maximum Gasteiger partial charge on any atom is 0.341 e. The molecule has 1 spiro atoms. The zero-order valence-corrected chi connectivity index (χ0v) is 18.5. The van der Waals surface area contributed by atoms with Crippen molar-refractivity contribution in [3.05, 3.63) is 63.4 Å². The molecule has 9 heteroatoms. The molecule has 0 bridgehead atoms. The fourth-order valence-corrected chi connectivity index (χ4v) is 5.23. The summed E-state index contributed by atoms with van der Waals surface area (Å²) < 4.78 is 36.4. The minimum absolute atomic E-state index is 0.0631. The molecule has 1 aliphatic heterocycles. The Labute approximate surface area is 194 Å². The number of hydrogen-bond acceptors (Lipinski definition) is 5. The molecule has 4 N–H and O–H groups in total. The number of nitrogen functional groups attached to an aromatic ring is 1. The number of carboxylic acid groups (broad SMARTS) is 1. The van der Waals surface area contributed by atoms with Crippen LogP contribution in [0.15, 0.2) is 35.3 Å². The molecule has 0 atom stereocenters. The molecule has 7 nitrogen and oxygen atoms in total. The first-order valence-corrected chi connectivity index (χ1v) is 11.4. The van der Waals surface area contributed by atoms with Crippen LogP contribution in [0.25, 0.3) is 10.9 Å². The molecule has 0 radical (unpaired) electrons. The number of aryl methyl sites for hydroxylation is 1. The summed E-state index contributed by atoms with van der Waals surface area (Å²) in [5, 5.41) is 12.5. The SMILES string of the molecule is Nc1c(F)c(NCCCc2ccc(F)cc2)c2c3c1c(=O)c(C(=O)O)cn3C1(CCCC1)CO2. The van der Waals surface area contributed by atoms with Crippen molar-refractivity contribution in [3.8, 4) is 5.75 Å². The number of halogens is 2. The highest BCUT2D eigenvalue weighted by Gasteiger charge is 2.43. The Hall–Kier alpha value is -3.62. The van der Waals surface area contributed by atoms with Gasteiger partial charge in [-0.15, -0.1) is 0 Å². The smallest absolute Gasteiger partial charge is 0.341 e. The van der Waals surface area contributed by atoms with Crippen LogP contribution >= 0.6 is 0 Å². The molecule has 2 heterocycles. The number of aromatic carboxylic acids is 1. The molecule has 2 aliphatic rings. The van der Waals surface area contributed by atoms with E-state index in [0.29, 0.717) is 24.9 Å². The normalized spacial score (nSPS) is 16.1. The average molecular weight is 469 g/mol. The van der Waals surface area contributed by atoms with E-state index in [9.17, 15) is 19.1 Å². The minimum Gasteiger partial charge on any atom is -0.487 e. The van der Waals surface area contributed by atoms with Crippen LogP contribution in [-0.4, -0.2) is 28.8 Å². The second kappa shape index (κ2) is 8.30. The second-order valence-corrected chi connectivity index (χ2v) is 9.08. The number of nitrogens with two attached hydrogens (primary N) is 1. The molecular formula is C25H25F2N3O4. The number of nitrogens with zero attached hydrogens (tertiary/aromatic N) is 1. The van der Waals surface area contributed by atoms with Gasteiger partial charge < -0.3 is 25.5 Å². The van der Waals surface area contributed by atoms with E-state index in [1.54, 1.807) is 16.7 Å². The van der Waals surface area contributed by atoms with Gasteiger partial charge in [-0.2, -0.15) is 0 Å². The lowest BCUT2D eigenvalue weighted by atomic mass is 9.93. The summed E-state index contributed by atoms with van der Waals surface area (Å²) >= 11 is 0. The fourth-order valence-electron chi connectivity index (χ4n) is 5.23. The Morgan fingerprint density at radius 3 is 2.59 bits per heavy atom. The number of aromatic nitrogens is 1. The predicted octanol–water partition coefficient (Wildman–Crippen LogP) is 4.27. The number of rotatable bonds is 6. The van der Waals surface area contributed by atoms with E-state index >= 15 is 4.39 Å². The standard InChI is InChI=1S/C25H25F2N3O4/c26-15-7-5-14(6-8-15)4-3-11-29-20-18(27)19(28)17-21-23(20)34-13-25(9-1-2-10-25)30(21)12-16(22(17)31)24(32)33/h5-8,12,29H,1-4,9-11,13,28H2,(H,32,33). The molecule has 0 amide bonds. The molecule has 1 aromatic heterocycles. The molecule has 2 aromatic carbocycles. The highest BCUT2D eigenvalue weighted by atomic mass is 19.1.